The maximum absolute atomic E-state index is 11.0. The van der Waals surface area contributed by atoms with Crippen LogP contribution in [-0.2, 0) is 20.0 Å². The molecule has 14 heavy (non-hydrogen) atoms. The lowest BCUT2D eigenvalue weighted by atomic mass is 10.7. The number of rotatable bonds is 3. The van der Waals surface area contributed by atoms with Crippen molar-refractivity contribution in [1.29, 1.82) is 0 Å². The first-order valence-corrected chi connectivity index (χ1v) is 6.95. The highest BCUT2D eigenvalue weighted by atomic mass is 32.2. The van der Waals surface area contributed by atoms with E-state index in [1.165, 1.54) is 0 Å². The SMILES string of the molecule is NS(=O)(=O)c1cc(S(=O)(=O)NO)cs1. The number of nitrogens with one attached hydrogen (secondary N) is 1. The smallest absolute Gasteiger partial charge is 0.263 e. The van der Waals surface area contributed by atoms with E-state index in [-0.39, 0.29) is 9.10 Å². The van der Waals surface area contributed by atoms with E-state index in [2.05, 4.69) is 0 Å². The van der Waals surface area contributed by atoms with Gasteiger partial charge in [0.2, 0.25) is 10.0 Å². The van der Waals surface area contributed by atoms with Gasteiger partial charge in [0, 0.05) is 5.38 Å². The van der Waals surface area contributed by atoms with E-state index in [1.807, 2.05) is 0 Å². The summed E-state index contributed by atoms with van der Waals surface area (Å²) in [6.07, 6.45) is 0. The minimum Gasteiger partial charge on any atom is -0.302 e. The molecule has 0 atom stereocenters. The third kappa shape index (κ3) is 2.29. The van der Waals surface area contributed by atoms with Gasteiger partial charge in [-0.15, -0.1) is 11.3 Å². The van der Waals surface area contributed by atoms with Crippen LogP contribution < -0.4 is 10.0 Å². The van der Waals surface area contributed by atoms with E-state index >= 15 is 0 Å². The van der Waals surface area contributed by atoms with Crippen molar-refractivity contribution in [2.45, 2.75) is 9.10 Å². The van der Waals surface area contributed by atoms with Crippen LogP contribution in [0.2, 0.25) is 0 Å². The van der Waals surface area contributed by atoms with Gasteiger partial charge < -0.3 is 5.21 Å². The average Bonchev–Trinajstić information content (AvgIpc) is 2.51. The minimum atomic E-state index is -4.04. The molecule has 1 aromatic rings. The van der Waals surface area contributed by atoms with Crippen molar-refractivity contribution in [2.75, 3.05) is 0 Å². The Balaban J connectivity index is 3.27. The summed E-state index contributed by atoms with van der Waals surface area (Å²) in [6.45, 7) is 0. The molecule has 7 nitrogen and oxygen atoms in total. The third-order valence-corrected chi connectivity index (χ3v) is 4.89. The van der Waals surface area contributed by atoms with E-state index in [0.717, 1.165) is 16.3 Å². The van der Waals surface area contributed by atoms with Gasteiger partial charge in [0.05, 0.1) is 4.90 Å². The summed E-state index contributed by atoms with van der Waals surface area (Å²) in [6, 6.07) is 0.860. The van der Waals surface area contributed by atoms with Crippen LogP contribution in [0.3, 0.4) is 0 Å². The minimum absolute atomic E-state index is 0.286. The van der Waals surface area contributed by atoms with Gasteiger partial charge in [-0.3, -0.25) is 0 Å². The van der Waals surface area contributed by atoms with Gasteiger partial charge in [0.25, 0.3) is 10.0 Å². The zero-order valence-electron chi connectivity index (χ0n) is 6.54. The molecule has 1 heterocycles. The molecule has 1 rings (SSSR count). The molecule has 0 aliphatic carbocycles. The number of thiophene rings is 1. The first kappa shape index (κ1) is 11.6. The topological polar surface area (TPSA) is 127 Å². The van der Waals surface area contributed by atoms with Gasteiger partial charge in [-0.25, -0.2) is 22.0 Å². The standard InChI is InChI=1S/C4H6N2O5S3/c5-13(8,9)4-1-3(2-12-4)14(10,11)6-7/h1-2,6-7H,(H2,5,8,9). The number of hydrogen-bond donors (Lipinski definition) is 3. The quantitative estimate of drug-likeness (QED) is 0.603. The fourth-order valence-electron chi connectivity index (χ4n) is 0.643. The number of nitrogens with two attached hydrogens (primary N) is 1. The lowest BCUT2D eigenvalue weighted by molar-refractivity contribution is 0.242. The fourth-order valence-corrected chi connectivity index (χ4v) is 3.29. The molecule has 0 aliphatic rings. The first-order chi connectivity index (χ1) is 6.27. The predicted molar refractivity (Wildman–Crippen MR) is 47.8 cm³/mol. The molecule has 0 bridgehead atoms. The second kappa shape index (κ2) is 3.56. The van der Waals surface area contributed by atoms with Crippen molar-refractivity contribution in [1.82, 2.24) is 4.89 Å². The van der Waals surface area contributed by atoms with E-state index in [4.69, 9.17) is 10.3 Å². The van der Waals surface area contributed by atoms with Crippen LogP contribution in [0.4, 0.5) is 0 Å². The Bertz CT molecular complexity index is 527. The summed E-state index contributed by atoms with van der Waals surface area (Å²) >= 11 is 0.655. The number of sulfonamides is 2. The van der Waals surface area contributed by atoms with E-state index in [0.29, 0.717) is 11.3 Å². The summed E-state index contributed by atoms with van der Waals surface area (Å²) in [5.41, 5.74) is 0. The molecule has 0 unspecified atom stereocenters. The molecule has 0 aromatic carbocycles. The summed E-state index contributed by atoms with van der Waals surface area (Å²) in [7, 11) is -7.95. The lowest BCUT2D eigenvalue weighted by Crippen LogP contribution is -2.18. The summed E-state index contributed by atoms with van der Waals surface area (Å²) < 4.78 is 43.2. The van der Waals surface area contributed by atoms with Gasteiger partial charge in [0.15, 0.2) is 0 Å². The van der Waals surface area contributed by atoms with Crippen molar-refractivity contribution in [3.63, 3.8) is 0 Å². The first-order valence-electron chi connectivity index (χ1n) is 3.04. The molecule has 10 heteroatoms. The maximum Gasteiger partial charge on any atom is 0.263 e. The van der Waals surface area contributed by atoms with Crippen molar-refractivity contribution in [3.8, 4) is 0 Å². The molecule has 80 valence electrons. The van der Waals surface area contributed by atoms with Crippen LogP contribution in [0.15, 0.2) is 20.6 Å². The fraction of sp³-hybridized carbons (Fsp3) is 0. The van der Waals surface area contributed by atoms with Crippen molar-refractivity contribution in [3.05, 3.63) is 11.4 Å². The second-order valence-corrected chi connectivity index (χ2v) is 6.60. The normalized spacial score (nSPS) is 13.0. The average molecular weight is 258 g/mol. The Morgan fingerprint density at radius 2 is 1.93 bits per heavy atom. The number of hydrogen-bond acceptors (Lipinski definition) is 6. The summed E-state index contributed by atoms with van der Waals surface area (Å²) in [4.78, 5) is 0.713. The van der Waals surface area contributed by atoms with Gasteiger partial charge in [-0.05, 0) is 6.07 Å². The Labute approximate surface area is 84.2 Å². The summed E-state index contributed by atoms with van der Waals surface area (Å²) in [5.74, 6) is 0. The largest absolute Gasteiger partial charge is 0.302 e. The molecule has 0 amide bonds. The van der Waals surface area contributed by atoms with E-state index in [9.17, 15) is 16.8 Å². The molecule has 4 N–H and O–H groups in total. The second-order valence-electron chi connectivity index (χ2n) is 2.24. The van der Waals surface area contributed by atoms with Crippen LogP contribution in [0.25, 0.3) is 0 Å². The van der Waals surface area contributed by atoms with Gasteiger partial charge >= 0.3 is 0 Å². The third-order valence-electron chi connectivity index (χ3n) is 1.26. The van der Waals surface area contributed by atoms with Crippen molar-refractivity contribution < 1.29 is 22.0 Å². The van der Waals surface area contributed by atoms with Crippen LogP contribution in [0.1, 0.15) is 0 Å². The lowest BCUT2D eigenvalue weighted by Gasteiger charge is -1.94. The van der Waals surface area contributed by atoms with E-state index < -0.39 is 20.0 Å². The van der Waals surface area contributed by atoms with Gasteiger partial charge in [-0.2, -0.15) is 0 Å². The summed E-state index contributed by atoms with van der Waals surface area (Å²) in [5, 5.41) is 14.1. The molecular formula is C4H6N2O5S3. The van der Waals surface area contributed by atoms with Crippen LogP contribution in [-0.4, -0.2) is 22.0 Å². The molecule has 0 fully saturated rings. The molecule has 0 saturated heterocycles. The van der Waals surface area contributed by atoms with E-state index in [1.54, 1.807) is 0 Å². The molecule has 1 aromatic heterocycles. The highest BCUT2D eigenvalue weighted by molar-refractivity contribution is 7.92. The van der Waals surface area contributed by atoms with Crippen LogP contribution in [0, 0.1) is 0 Å². The maximum atomic E-state index is 11.0. The van der Waals surface area contributed by atoms with Gasteiger partial charge in [0.1, 0.15) is 4.21 Å². The van der Waals surface area contributed by atoms with Crippen molar-refractivity contribution in [2.24, 2.45) is 5.14 Å². The molecule has 0 spiro atoms. The highest BCUT2D eigenvalue weighted by Crippen LogP contribution is 2.21. The molecular weight excluding hydrogens is 252 g/mol. The Morgan fingerprint density at radius 1 is 1.36 bits per heavy atom. The zero-order valence-corrected chi connectivity index (χ0v) is 8.99. The predicted octanol–water partition coefficient (Wildman–Crippen LogP) is -0.937. The molecule has 0 radical (unpaired) electrons. The van der Waals surface area contributed by atoms with Crippen LogP contribution >= 0.6 is 11.3 Å². The zero-order chi connectivity index (χ0) is 11.0. The molecule has 0 aliphatic heterocycles. The Hall–Kier alpha value is -0.520. The highest BCUT2D eigenvalue weighted by Gasteiger charge is 2.18. The van der Waals surface area contributed by atoms with Gasteiger partial charge in [-0.1, -0.05) is 4.89 Å². The monoisotopic (exact) mass is 258 g/mol. The Kier molecular flexibility index (Phi) is 2.94. The number of primary sulfonamides is 1. The Morgan fingerprint density at radius 3 is 2.29 bits per heavy atom. The van der Waals surface area contributed by atoms with Crippen LogP contribution in [0.5, 0.6) is 0 Å². The molecule has 0 saturated carbocycles. The van der Waals surface area contributed by atoms with Crippen molar-refractivity contribution >= 4 is 31.4 Å².